The number of hydrogen-bond acceptors (Lipinski definition) is 7. The van der Waals surface area contributed by atoms with Gasteiger partial charge in [-0.15, -0.1) is 17.5 Å². The van der Waals surface area contributed by atoms with Crippen molar-refractivity contribution < 1.29 is 4.52 Å². The van der Waals surface area contributed by atoms with Crippen molar-refractivity contribution in [2.75, 3.05) is 0 Å². The fraction of sp³-hybridized carbons (Fsp3) is 0.438. The third-order valence-electron chi connectivity index (χ3n) is 4.58. The van der Waals surface area contributed by atoms with Crippen molar-refractivity contribution in [3.63, 3.8) is 0 Å². The van der Waals surface area contributed by atoms with E-state index in [1.807, 2.05) is 12.1 Å². The molecule has 0 spiro atoms. The average molecular weight is 363 g/mol. The van der Waals surface area contributed by atoms with Gasteiger partial charge in [-0.3, -0.25) is 4.79 Å². The monoisotopic (exact) mass is 362 g/mol. The smallest absolute Gasteiger partial charge is 0.277 e. The van der Waals surface area contributed by atoms with E-state index in [2.05, 4.69) is 20.5 Å². The first kappa shape index (κ1) is 17.5. The summed E-state index contributed by atoms with van der Waals surface area (Å²) in [7, 11) is 0. The molecule has 1 fully saturated rings. The molecule has 3 aromatic rings. The molecule has 1 aromatic carbocycles. The van der Waals surface area contributed by atoms with Crippen LogP contribution in [0, 0.1) is 0 Å². The molecular formula is C16H19ClN6O2. The second-order valence-electron chi connectivity index (χ2n) is 6.26. The second kappa shape index (κ2) is 6.89. The van der Waals surface area contributed by atoms with E-state index in [1.54, 1.807) is 12.1 Å². The fourth-order valence-electron chi connectivity index (χ4n) is 3.16. The highest BCUT2D eigenvalue weighted by molar-refractivity contribution is 5.85. The summed E-state index contributed by atoms with van der Waals surface area (Å²) < 4.78 is 6.61. The second-order valence-corrected chi connectivity index (χ2v) is 6.26. The summed E-state index contributed by atoms with van der Waals surface area (Å²) >= 11 is 0. The Kier molecular flexibility index (Phi) is 4.82. The number of nitrogens with zero attached hydrogens (tertiary/aromatic N) is 5. The molecule has 9 heteroatoms. The highest BCUT2D eigenvalue weighted by Crippen LogP contribution is 2.34. The molecule has 0 amide bonds. The molecule has 0 unspecified atom stereocenters. The third-order valence-corrected chi connectivity index (χ3v) is 4.58. The molecule has 2 aromatic heterocycles. The molecule has 2 heterocycles. The Hall–Kier alpha value is -2.32. The summed E-state index contributed by atoms with van der Waals surface area (Å²) in [5, 5.41) is 12.6. The number of rotatable bonds is 4. The number of aromatic nitrogens is 5. The van der Waals surface area contributed by atoms with Crippen molar-refractivity contribution >= 4 is 23.3 Å². The van der Waals surface area contributed by atoms with E-state index < -0.39 is 5.54 Å². The van der Waals surface area contributed by atoms with Gasteiger partial charge in [0.25, 0.3) is 5.56 Å². The maximum Gasteiger partial charge on any atom is 0.277 e. The van der Waals surface area contributed by atoms with Gasteiger partial charge in [0.1, 0.15) is 5.52 Å². The number of aryl methyl sites for hydroxylation is 2. The zero-order valence-electron chi connectivity index (χ0n) is 13.6. The molecule has 0 aliphatic heterocycles. The minimum Gasteiger partial charge on any atom is -0.339 e. The standard InChI is InChI=1S/C16H18N6O2.ClH/c17-16(8-3-4-9-16)15-18-13(24-20-15)7-10-22-14(23)11-5-1-2-6-12(11)19-21-22;/h1-2,5-6H,3-4,7-10,17H2;1H. The van der Waals surface area contributed by atoms with Crippen molar-refractivity contribution in [1.82, 2.24) is 25.1 Å². The molecule has 8 nitrogen and oxygen atoms in total. The fourth-order valence-corrected chi connectivity index (χ4v) is 3.16. The summed E-state index contributed by atoms with van der Waals surface area (Å²) in [6, 6.07) is 7.14. The summed E-state index contributed by atoms with van der Waals surface area (Å²) in [5.74, 6) is 1.02. The van der Waals surface area contributed by atoms with Crippen LogP contribution in [0.15, 0.2) is 33.6 Å². The average Bonchev–Trinajstić information content (AvgIpc) is 3.25. The molecule has 2 N–H and O–H groups in total. The minimum absolute atomic E-state index is 0. The summed E-state index contributed by atoms with van der Waals surface area (Å²) in [6.45, 7) is 0.329. The van der Waals surface area contributed by atoms with Crippen molar-refractivity contribution in [3.05, 3.63) is 46.3 Å². The van der Waals surface area contributed by atoms with Crippen LogP contribution in [-0.2, 0) is 18.5 Å². The molecule has 0 atom stereocenters. The van der Waals surface area contributed by atoms with Crippen molar-refractivity contribution in [3.8, 4) is 0 Å². The lowest BCUT2D eigenvalue weighted by Crippen LogP contribution is -2.34. The number of hydrogen-bond donors (Lipinski definition) is 1. The van der Waals surface area contributed by atoms with Crippen LogP contribution in [0.2, 0.25) is 0 Å². The Morgan fingerprint density at radius 2 is 2.00 bits per heavy atom. The van der Waals surface area contributed by atoms with Gasteiger partial charge in [-0.05, 0) is 25.0 Å². The number of fused-ring (bicyclic) bond motifs is 1. The van der Waals surface area contributed by atoms with Crippen LogP contribution in [-0.4, -0.2) is 25.1 Å². The van der Waals surface area contributed by atoms with Crippen LogP contribution in [0.5, 0.6) is 0 Å². The van der Waals surface area contributed by atoms with E-state index in [9.17, 15) is 4.79 Å². The first-order valence-corrected chi connectivity index (χ1v) is 8.10. The molecular weight excluding hydrogens is 344 g/mol. The van der Waals surface area contributed by atoms with Gasteiger partial charge in [0, 0.05) is 6.42 Å². The van der Waals surface area contributed by atoms with Gasteiger partial charge in [0.05, 0.1) is 17.5 Å². The normalized spacial score (nSPS) is 16.0. The highest BCUT2D eigenvalue weighted by Gasteiger charge is 2.35. The van der Waals surface area contributed by atoms with Gasteiger partial charge < -0.3 is 10.3 Å². The largest absolute Gasteiger partial charge is 0.339 e. The van der Waals surface area contributed by atoms with Gasteiger partial charge >= 0.3 is 0 Å². The summed E-state index contributed by atoms with van der Waals surface area (Å²) in [6.07, 6.45) is 4.34. The Labute approximate surface area is 149 Å². The summed E-state index contributed by atoms with van der Waals surface area (Å²) in [5.41, 5.74) is 6.27. The summed E-state index contributed by atoms with van der Waals surface area (Å²) in [4.78, 5) is 16.8. The van der Waals surface area contributed by atoms with Crippen LogP contribution in [0.4, 0.5) is 0 Å². The molecule has 0 saturated heterocycles. The zero-order valence-corrected chi connectivity index (χ0v) is 14.4. The first-order chi connectivity index (χ1) is 11.7. The lowest BCUT2D eigenvalue weighted by atomic mass is 9.99. The molecule has 1 aliphatic rings. The Morgan fingerprint density at radius 1 is 1.24 bits per heavy atom. The van der Waals surface area contributed by atoms with E-state index in [0.717, 1.165) is 25.7 Å². The topological polar surface area (TPSA) is 113 Å². The molecule has 1 saturated carbocycles. The van der Waals surface area contributed by atoms with Crippen LogP contribution >= 0.6 is 12.4 Å². The first-order valence-electron chi connectivity index (χ1n) is 8.10. The lowest BCUT2D eigenvalue weighted by molar-refractivity contribution is 0.342. The van der Waals surface area contributed by atoms with Crippen molar-refractivity contribution in [2.24, 2.45) is 5.73 Å². The number of benzene rings is 1. The van der Waals surface area contributed by atoms with E-state index in [4.69, 9.17) is 10.3 Å². The van der Waals surface area contributed by atoms with Crippen molar-refractivity contribution in [2.45, 2.75) is 44.2 Å². The van der Waals surface area contributed by atoms with Crippen LogP contribution in [0.3, 0.4) is 0 Å². The Balaban J connectivity index is 0.00000182. The molecule has 0 radical (unpaired) electrons. The van der Waals surface area contributed by atoms with Gasteiger partial charge in [-0.2, -0.15) is 4.98 Å². The molecule has 1 aliphatic carbocycles. The minimum atomic E-state index is -0.471. The molecule has 132 valence electrons. The SMILES string of the molecule is Cl.NC1(c2noc(CCn3nnc4ccccc4c3=O)n2)CCCC1. The lowest BCUT2D eigenvalue weighted by Gasteiger charge is -2.17. The van der Waals surface area contributed by atoms with Crippen LogP contribution in [0.1, 0.15) is 37.4 Å². The zero-order chi connectivity index (χ0) is 16.6. The predicted molar refractivity (Wildman–Crippen MR) is 93.4 cm³/mol. The van der Waals surface area contributed by atoms with Crippen molar-refractivity contribution in [1.29, 1.82) is 0 Å². The van der Waals surface area contributed by atoms with E-state index in [-0.39, 0.29) is 18.0 Å². The quantitative estimate of drug-likeness (QED) is 0.749. The van der Waals surface area contributed by atoms with Crippen LogP contribution in [0.25, 0.3) is 10.9 Å². The van der Waals surface area contributed by atoms with E-state index in [0.29, 0.717) is 35.6 Å². The van der Waals surface area contributed by atoms with E-state index in [1.165, 1.54) is 4.68 Å². The third kappa shape index (κ3) is 3.27. The maximum atomic E-state index is 12.4. The number of nitrogens with two attached hydrogens (primary N) is 1. The predicted octanol–water partition coefficient (Wildman–Crippen LogP) is 1.57. The van der Waals surface area contributed by atoms with Gasteiger partial charge in [0.2, 0.25) is 5.89 Å². The Morgan fingerprint density at radius 3 is 2.80 bits per heavy atom. The molecule has 0 bridgehead atoms. The molecule has 4 rings (SSSR count). The van der Waals surface area contributed by atoms with Gasteiger partial charge in [0.15, 0.2) is 5.82 Å². The van der Waals surface area contributed by atoms with E-state index >= 15 is 0 Å². The van der Waals surface area contributed by atoms with Gasteiger partial charge in [-0.25, -0.2) is 4.68 Å². The number of halogens is 1. The Bertz CT molecular complexity index is 932. The van der Waals surface area contributed by atoms with Crippen LogP contribution < -0.4 is 11.3 Å². The highest BCUT2D eigenvalue weighted by atomic mass is 35.5. The van der Waals surface area contributed by atoms with Gasteiger partial charge in [-0.1, -0.05) is 35.3 Å². The molecule has 25 heavy (non-hydrogen) atoms. The maximum absolute atomic E-state index is 12.4.